The molecule has 0 radical (unpaired) electrons. The van der Waals surface area contributed by atoms with Crippen LogP contribution in [0.1, 0.15) is 24.0 Å². The molecule has 1 aliphatic carbocycles. The van der Waals surface area contributed by atoms with Crippen LogP contribution >= 0.6 is 11.3 Å². The maximum absolute atomic E-state index is 12.9. The van der Waals surface area contributed by atoms with E-state index in [0.29, 0.717) is 5.56 Å². The van der Waals surface area contributed by atoms with Gasteiger partial charge >= 0.3 is 12.2 Å². The van der Waals surface area contributed by atoms with Gasteiger partial charge in [0.25, 0.3) is 0 Å². The molecule has 174 valence electrons. The molecule has 11 heteroatoms. The fraction of sp³-hybridized carbons (Fsp3) is 0.227. The van der Waals surface area contributed by atoms with Crippen molar-refractivity contribution in [2.24, 2.45) is 0 Å². The van der Waals surface area contributed by atoms with Crippen LogP contribution in [0.4, 0.5) is 23.7 Å². The zero-order valence-corrected chi connectivity index (χ0v) is 18.8. The van der Waals surface area contributed by atoms with Crippen LogP contribution in [0.25, 0.3) is 11.1 Å². The second-order valence-corrected chi connectivity index (χ2v) is 10.1. The van der Waals surface area contributed by atoms with Crippen LogP contribution in [0.15, 0.2) is 64.2 Å². The van der Waals surface area contributed by atoms with Crippen LogP contribution in [0.5, 0.6) is 0 Å². The van der Waals surface area contributed by atoms with Crippen molar-refractivity contribution in [2.75, 3.05) is 5.32 Å². The van der Waals surface area contributed by atoms with E-state index in [-0.39, 0.29) is 28.7 Å². The molecule has 3 aromatic rings. The Bertz CT molecular complexity index is 1260. The summed E-state index contributed by atoms with van der Waals surface area (Å²) >= 11 is 1.45. The van der Waals surface area contributed by atoms with Gasteiger partial charge in [0.05, 0.1) is 16.1 Å². The number of anilines is 1. The zero-order valence-electron chi connectivity index (χ0n) is 17.1. The fourth-order valence-corrected chi connectivity index (χ4v) is 5.15. The molecule has 0 spiro atoms. The lowest BCUT2D eigenvalue weighted by atomic mass is 10.1. The number of alkyl halides is 3. The molecule has 0 unspecified atom stereocenters. The van der Waals surface area contributed by atoms with Crippen molar-refractivity contribution >= 4 is 33.1 Å². The Balaban J connectivity index is 1.53. The van der Waals surface area contributed by atoms with Crippen LogP contribution in [0.3, 0.4) is 0 Å². The molecule has 0 bridgehead atoms. The number of halogens is 3. The quantitative estimate of drug-likeness (QED) is 0.421. The van der Waals surface area contributed by atoms with Gasteiger partial charge in [0.15, 0.2) is 0 Å². The van der Waals surface area contributed by atoms with E-state index in [9.17, 15) is 26.4 Å². The molecule has 6 nitrogen and oxygen atoms in total. The highest BCUT2D eigenvalue weighted by Gasteiger charge is 2.30. The summed E-state index contributed by atoms with van der Waals surface area (Å²) in [5.74, 6) is 0. The molecular weight excluding hydrogens is 475 g/mol. The molecule has 1 aliphatic rings. The molecule has 1 heterocycles. The first kappa shape index (κ1) is 23.3. The molecule has 1 saturated carbocycles. The number of rotatable bonds is 7. The van der Waals surface area contributed by atoms with Crippen LogP contribution in [-0.4, -0.2) is 20.5 Å². The van der Waals surface area contributed by atoms with Crippen molar-refractivity contribution in [1.82, 2.24) is 10.0 Å². The highest BCUT2D eigenvalue weighted by molar-refractivity contribution is 7.89. The lowest BCUT2D eigenvalue weighted by Gasteiger charge is -2.14. The Morgan fingerprint density at radius 3 is 2.55 bits per heavy atom. The van der Waals surface area contributed by atoms with E-state index in [1.165, 1.54) is 35.6 Å². The molecule has 2 aromatic carbocycles. The summed E-state index contributed by atoms with van der Waals surface area (Å²) in [5.41, 5.74) is 1.17. The number of nitrogens with one attached hydrogen (secondary N) is 3. The highest BCUT2D eigenvalue weighted by Crippen LogP contribution is 2.33. The third-order valence-electron chi connectivity index (χ3n) is 4.99. The average molecular weight is 496 g/mol. The smallest absolute Gasteiger partial charge is 0.334 e. The van der Waals surface area contributed by atoms with Gasteiger partial charge in [-0.25, -0.2) is 17.9 Å². The second kappa shape index (κ2) is 9.16. The topological polar surface area (TPSA) is 87.3 Å². The molecule has 33 heavy (non-hydrogen) atoms. The van der Waals surface area contributed by atoms with Gasteiger partial charge < -0.3 is 10.6 Å². The SMILES string of the molecule is O=C(NCc1cccc(C(F)(F)F)c1)Nc1cc(S(=O)(=O)NC2CC2)ccc1-c1ccsc1. The maximum Gasteiger partial charge on any atom is 0.416 e. The van der Waals surface area contributed by atoms with Gasteiger partial charge in [0.1, 0.15) is 0 Å². The minimum absolute atomic E-state index is 0.0153. The number of carbonyl (C=O) groups is 1. The summed E-state index contributed by atoms with van der Waals surface area (Å²) in [7, 11) is -3.74. The Morgan fingerprint density at radius 2 is 1.88 bits per heavy atom. The van der Waals surface area contributed by atoms with E-state index in [2.05, 4.69) is 15.4 Å². The van der Waals surface area contributed by atoms with Crippen molar-refractivity contribution in [3.63, 3.8) is 0 Å². The number of benzene rings is 2. The van der Waals surface area contributed by atoms with Gasteiger partial charge in [0.2, 0.25) is 10.0 Å². The standard InChI is InChI=1S/C22H20F3N3O3S2/c23-22(24,25)16-3-1-2-14(10-16)12-26-21(29)27-20-11-18(33(30,31)28-17-4-5-17)6-7-19(20)15-8-9-32-13-15/h1-3,6-11,13,17,28H,4-5,12H2,(H2,26,27,29). The molecule has 0 atom stereocenters. The van der Waals surface area contributed by atoms with E-state index < -0.39 is 27.8 Å². The molecule has 3 N–H and O–H groups in total. The van der Waals surface area contributed by atoms with E-state index in [4.69, 9.17) is 0 Å². The largest absolute Gasteiger partial charge is 0.416 e. The van der Waals surface area contributed by atoms with Gasteiger partial charge in [-0.05, 0) is 65.1 Å². The summed E-state index contributed by atoms with van der Waals surface area (Å²) in [6, 6.07) is 10.2. The predicted molar refractivity (Wildman–Crippen MR) is 120 cm³/mol. The van der Waals surface area contributed by atoms with E-state index >= 15 is 0 Å². The van der Waals surface area contributed by atoms with Crippen molar-refractivity contribution < 1.29 is 26.4 Å². The van der Waals surface area contributed by atoms with Crippen molar-refractivity contribution in [2.45, 2.75) is 36.5 Å². The number of sulfonamides is 1. The first-order valence-electron chi connectivity index (χ1n) is 10.0. The van der Waals surface area contributed by atoms with Crippen molar-refractivity contribution in [3.05, 3.63) is 70.4 Å². The predicted octanol–water partition coefficient (Wildman–Crippen LogP) is 5.20. The first-order chi connectivity index (χ1) is 15.6. The average Bonchev–Trinajstić information content (AvgIpc) is 3.39. The molecule has 0 saturated heterocycles. The van der Waals surface area contributed by atoms with Crippen LogP contribution in [-0.2, 0) is 22.7 Å². The number of hydrogen-bond donors (Lipinski definition) is 3. The lowest BCUT2D eigenvalue weighted by molar-refractivity contribution is -0.137. The Kier molecular flexibility index (Phi) is 6.46. The lowest BCUT2D eigenvalue weighted by Crippen LogP contribution is -2.29. The third kappa shape index (κ3) is 5.92. The van der Waals surface area contributed by atoms with Gasteiger partial charge in [-0.15, -0.1) is 0 Å². The molecule has 2 amide bonds. The van der Waals surface area contributed by atoms with Crippen molar-refractivity contribution in [1.29, 1.82) is 0 Å². The van der Waals surface area contributed by atoms with E-state index in [1.807, 2.05) is 16.8 Å². The molecule has 1 aromatic heterocycles. The summed E-state index contributed by atoms with van der Waals surface area (Å²) in [6.45, 7) is -0.134. The Morgan fingerprint density at radius 1 is 1.09 bits per heavy atom. The number of carbonyl (C=O) groups excluding carboxylic acids is 1. The third-order valence-corrected chi connectivity index (χ3v) is 7.19. The Hall–Kier alpha value is -2.89. The number of urea groups is 1. The minimum atomic E-state index is -4.48. The maximum atomic E-state index is 12.9. The molecule has 4 rings (SSSR count). The second-order valence-electron chi connectivity index (χ2n) is 7.62. The summed E-state index contributed by atoms with van der Waals surface area (Å²) in [6.07, 6.45) is -2.90. The monoisotopic (exact) mass is 495 g/mol. The van der Waals surface area contributed by atoms with Crippen LogP contribution in [0, 0.1) is 0 Å². The zero-order chi connectivity index (χ0) is 23.6. The van der Waals surface area contributed by atoms with Gasteiger partial charge in [-0.1, -0.05) is 18.2 Å². The Labute approximate surface area is 192 Å². The van der Waals surface area contributed by atoms with Crippen LogP contribution < -0.4 is 15.4 Å². The van der Waals surface area contributed by atoms with Gasteiger partial charge in [-0.3, -0.25) is 0 Å². The summed E-state index contributed by atoms with van der Waals surface area (Å²) in [4.78, 5) is 12.5. The number of hydrogen-bond acceptors (Lipinski definition) is 4. The van der Waals surface area contributed by atoms with E-state index in [0.717, 1.165) is 30.5 Å². The first-order valence-corrected chi connectivity index (χ1v) is 12.4. The normalized spacial score (nSPS) is 14.2. The molecule has 0 aliphatic heterocycles. The highest BCUT2D eigenvalue weighted by atomic mass is 32.2. The molecule has 1 fully saturated rings. The number of thiophene rings is 1. The molecular formula is C22H20F3N3O3S2. The number of amides is 2. The van der Waals surface area contributed by atoms with Gasteiger partial charge in [0, 0.05) is 18.2 Å². The van der Waals surface area contributed by atoms with Crippen LogP contribution in [0.2, 0.25) is 0 Å². The fourth-order valence-electron chi connectivity index (χ4n) is 3.16. The van der Waals surface area contributed by atoms with Gasteiger partial charge in [-0.2, -0.15) is 24.5 Å². The van der Waals surface area contributed by atoms with Crippen molar-refractivity contribution in [3.8, 4) is 11.1 Å². The minimum Gasteiger partial charge on any atom is -0.334 e. The summed E-state index contributed by atoms with van der Waals surface area (Å²) < 4.78 is 66.5. The van der Waals surface area contributed by atoms with E-state index in [1.54, 1.807) is 6.07 Å². The summed E-state index contributed by atoms with van der Waals surface area (Å²) in [5, 5.41) is 8.87.